The van der Waals surface area contributed by atoms with E-state index in [1.807, 2.05) is 31.2 Å². The molecule has 0 saturated carbocycles. The van der Waals surface area contributed by atoms with Crippen molar-refractivity contribution in [3.8, 4) is 5.75 Å². The van der Waals surface area contributed by atoms with Crippen molar-refractivity contribution in [2.75, 3.05) is 7.11 Å². The second-order valence-electron chi connectivity index (χ2n) is 5.50. The zero-order valence-corrected chi connectivity index (χ0v) is 13.2. The summed E-state index contributed by atoms with van der Waals surface area (Å²) in [7, 11) is 1.62. The van der Waals surface area contributed by atoms with Gasteiger partial charge in [-0.15, -0.1) is 0 Å². The van der Waals surface area contributed by atoms with Crippen LogP contribution in [0.5, 0.6) is 5.75 Å². The van der Waals surface area contributed by atoms with Crippen LogP contribution in [0.25, 0.3) is 0 Å². The first kappa shape index (κ1) is 17.3. The molecular formula is C18H20F3NO. The van der Waals surface area contributed by atoms with E-state index in [4.69, 9.17) is 4.74 Å². The van der Waals surface area contributed by atoms with E-state index in [0.717, 1.165) is 17.4 Å². The first-order valence-electron chi connectivity index (χ1n) is 7.41. The van der Waals surface area contributed by atoms with Gasteiger partial charge in [-0.05, 0) is 31.0 Å². The van der Waals surface area contributed by atoms with Crippen molar-refractivity contribution in [3.05, 3.63) is 65.2 Å². The summed E-state index contributed by atoms with van der Waals surface area (Å²) in [5.41, 5.74) is 1.08. The van der Waals surface area contributed by atoms with Gasteiger partial charge in [0.1, 0.15) is 5.75 Å². The maximum Gasteiger partial charge on any atom is 0.416 e. The average molecular weight is 323 g/mol. The molecule has 0 aromatic heterocycles. The van der Waals surface area contributed by atoms with Crippen LogP contribution in [0, 0.1) is 0 Å². The lowest BCUT2D eigenvalue weighted by molar-refractivity contribution is -0.137. The van der Waals surface area contributed by atoms with Crippen LogP contribution in [-0.2, 0) is 19.1 Å². The Morgan fingerprint density at radius 2 is 1.83 bits per heavy atom. The van der Waals surface area contributed by atoms with Gasteiger partial charge in [0, 0.05) is 18.2 Å². The standard InChI is InChI=1S/C18H20F3NO/c1-13(22-12-15-7-3-4-9-17(15)23-2)10-14-6-5-8-16(11-14)18(19,20)21/h3-9,11,13,22H,10,12H2,1-2H3. The molecule has 0 spiro atoms. The number of methoxy groups -OCH3 is 1. The average Bonchev–Trinajstić information content (AvgIpc) is 2.52. The van der Waals surface area contributed by atoms with E-state index in [1.54, 1.807) is 13.2 Å². The Morgan fingerprint density at radius 1 is 1.09 bits per heavy atom. The SMILES string of the molecule is COc1ccccc1CNC(C)Cc1cccc(C(F)(F)F)c1. The summed E-state index contributed by atoms with van der Waals surface area (Å²) >= 11 is 0. The van der Waals surface area contributed by atoms with Crippen LogP contribution in [0.4, 0.5) is 13.2 Å². The van der Waals surface area contributed by atoms with E-state index in [-0.39, 0.29) is 6.04 Å². The molecule has 1 N–H and O–H groups in total. The van der Waals surface area contributed by atoms with Gasteiger partial charge in [0.25, 0.3) is 0 Å². The summed E-state index contributed by atoms with van der Waals surface area (Å²) in [6, 6.07) is 13.2. The van der Waals surface area contributed by atoms with Gasteiger partial charge in [0.15, 0.2) is 0 Å². The molecule has 0 amide bonds. The number of alkyl halides is 3. The first-order valence-corrected chi connectivity index (χ1v) is 7.41. The van der Waals surface area contributed by atoms with Crippen molar-refractivity contribution in [2.24, 2.45) is 0 Å². The van der Waals surface area contributed by atoms with Gasteiger partial charge in [-0.1, -0.05) is 36.4 Å². The van der Waals surface area contributed by atoms with Crippen LogP contribution < -0.4 is 10.1 Å². The summed E-state index contributed by atoms with van der Waals surface area (Å²) in [5, 5.41) is 3.32. The van der Waals surface area contributed by atoms with E-state index >= 15 is 0 Å². The number of rotatable bonds is 6. The molecule has 5 heteroatoms. The van der Waals surface area contributed by atoms with Crippen molar-refractivity contribution in [2.45, 2.75) is 32.1 Å². The molecule has 2 nitrogen and oxygen atoms in total. The van der Waals surface area contributed by atoms with Crippen LogP contribution in [0.3, 0.4) is 0 Å². The second-order valence-corrected chi connectivity index (χ2v) is 5.50. The summed E-state index contributed by atoms with van der Waals surface area (Å²) in [4.78, 5) is 0. The molecule has 0 bridgehead atoms. The molecule has 23 heavy (non-hydrogen) atoms. The lowest BCUT2D eigenvalue weighted by Gasteiger charge is -2.16. The topological polar surface area (TPSA) is 21.3 Å². The predicted octanol–water partition coefficient (Wildman–Crippen LogP) is 4.43. The molecule has 0 heterocycles. The summed E-state index contributed by atoms with van der Waals surface area (Å²) in [6.45, 7) is 2.56. The van der Waals surface area contributed by atoms with Crippen LogP contribution in [-0.4, -0.2) is 13.2 Å². The Hall–Kier alpha value is -2.01. The Kier molecular flexibility index (Phi) is 5.66. The molecule has 2 aromatic rings. The molecule has 0 radical (unpaired) electrons. The Morgan fingerprint density at radius 3 is 2.52 bits per heavy atom. The summed E-state index contributed by atoms with van der Waals surface area (Å²) in [6.07, 6.45) is -3.77. The number of ether oxygens (including phenoxy) is 1. The highest BCUT2D eigenvalue weighted by atomic mass is 19.4. The van der Waals surface area contributed by atoms with Crippen LogP contribution in [0.15, 0.2) is 48.5 Å². The van der Waals surface area contributed by atoms with Crippen molar-refractivity contribution in [1.29, 1.82) is 0 Å². The molecule has 2 rings (SSSR count). The third-order valence-electron chi connectivity index (χ3n) is 3.63. The number of benzene rings is 2. The van der Waals surface area contributed by atoms with Crippen LogP contribution >= 0.6 is 0 Å². The van der Waals surface area contributed by atoms with Crippen LogP contribution in [0.1, 0.15) is 23.6 Å². The number of hydrogen-bond acceptors (Lipinski definition) is 2. The molecule has 0 saturated heterocycles. The Balaban J connectivity index is 1.96. The van der Waals surface area contributed by atoms with Crippen molar-refractivity contribution in [3.63, 3.8) is 0 Å². The van der Waals surface area contributed by atoms with Crippen molar-refractivity contribution in [1.82, 2.24) is 5.32 Å². The lowest BCUT2D eigenvalue weighted by atomic mass is 10.0. The highest BCUT2D eigenvalue weighted by Crippen LogP contribution is 2.29. The third kappa shape index (κ3) is 4.99. The minimum Gasteiger partial charge on any atom is -0.496 e. The molecule has 1 unspecified atom stereocenters. The van der Waals surface area contributed by atoms with E-state index in [2.05, 4.69) is 5.32 Å². The first-order chi connectivity index (χ1) is 10.9. The minimum absolute atomic E-state index is 0.0448. The Bertz CT molecular complexity index is 640. The molecule has 1 atom stereocenters. The van der Waals surface area contributed by atoms with Gasteiger partial charge in [-0.3, -0.25) is 0 Å². The highest BCUT2D eigenvalue weighted by Gasteiger charge is 2.30. The molecule has 0 aliphatic carbocycles. The number of nitrogens with one attached hydrogen (secondary N) is 1. The molecular weight excluding hydrogens is 303 g/mol. The monoisotopic (exact) mass is 323 g/mol. The molecule has 0 fully saturated rings. The maximum atomic E-state index is 12.7. The fourth-order valence-electron chi connectivity index (χ4n) is 2.43. The Labute approximate surface area is 134 Å². The van der Waals surface area contributed by atoms with Gasteiger partial charge in [0.05, 0.1) is 12.7 Å². The second kappa shape index (κ2) is 7.51. The van der Waals surface area contributed by atoms with Gasteiger partial charge in [-0.25, -0.2) is 0 Å². The summed E-state index contributed by atoms with van der Waals surface area (Å²) in [5.74, 6) is 0.797. The fourth-order valence-corrected chi connectivity index (χ4v) is 2.43. The number of para-hydroxylation sites is 1. The smallest absolute Gasteiger partial charge is 0.416 e. The number of hydrogen-bond donors (Lipinski definition) is 1. The zero-order chi connectivity index (χ0) is 16.9. The molecule has 2 aromatic carbocycles. The van der Waals surface area contributed by atoms with Crippen LogP contribution in [0.2, 0.25) is 0 Å². The predicted molar refractivity (Wildman–Crippen MR) is 84.4 cm³/mol. The highest BCUT2D eigenvalue weighted by molar-refractivity contribution is 5.33. The van der Waals surface area contributed by atoms with E-state index < -0.39 is 11.7 Å². The van der Waals surface area contributed by atoms with Gasteiger partial charge in [0.2, 0.25) is 0 Å². The van der Waals surface area contributed by atoms with E-state index in [1.165, 1.54) is 12.1 Å². The minimum atomic E-state index is -4.30. The molecule has 124 valence electrons. The third-order valence-corrected chi connectivity index (χ3v) is 3.63. The fraction of sp³-hybridized carbons (Fsp3) is 0.333. The number of halogens is 3. The molecule has 0 aliphatic heterocycles. The van der Waals surface area contributed by atoms with Gasteiger partial charge < -0.3 is 10.1 Å². The van der Waals surface area contributed by atoms with Crippen molar-refractivity contribution >= 4 is 0 Å². The largest absolute Gasteiger partial charge is 0.496 e. The van der Waals surface area contributed by atoms with Gasteiger partial charge in [-0.2, -0.15) is 13.2 Å². The maximum absolute atomic E-state index is 12.7. The quantitative estimate of drug-likeness (QED) is 0.849. The van der Waals surface area contributed by atoms with E-state index in [0.29, 0.717) is 18.5 Å². The zero-order valence-electron chi connectivity index (χ0n) is 13.2. The normalized spacial score (nSPS) is 12.9. The summed E-state index contributed by atoms with van der Waals surface area (Å²) < 4.78 is 43.5. The molecule has 0 aliphatic rings. The lowest BCUT2D eigenvalue weighted by Crippen LogP contribution is -2.27. The van der Waals surface area contributed by atoms with E-state index in [9.17, 15) is 13.2 Å². The van der Waals surface area contributed by atoms with Crippen molar-refractivity contribution < 1.29 is 17.9 Å². The van der Waals surface area contributed by atoms with Gasteiger partial charge >= 0.3 is 6.18 Å².